The fraction of sp³-hybridized carbons (Fsp3) is 0.929. The van der Waals surface area contributed by atoms with E-state index in [1.54, 1.807) is 0 Å². The van der Waals surface area contributed by atoms with Crippen LogP contribution in [0.4, 0.5) is 0 Å². The van der Waals surface area contributed by atoms with Crippen molar-refractivity contribution in [3.63, 3.8) is 0 Å². The second-order valence-corrected chi connectivity index (χ2v) is 5.66. The number of hydrogen-bond donors (Lipinski definition) is 1. The summed E-state index contributed by atoms with van der Waals surface area (Å²) in [5, 5.41) is 0. The Morgan fingerprint density at radius 3 is 2.71 bits per heavy atom. The van der Waals surface area contributed by atoms with Gasteiger partial charge < -0.3 is 10.5 Å². The number of rotatable bonds is 4. The lowest BCUT2D eigenvalue weighted by Gasteiger charge is -2.49. The lowest BCUT2D eigenvalue weighted by molar-refractivity contribution is -0.146. The number of hydrogen-bond acceptors (Lipinski definition) is 3. The summed E-state index contributed by atoms with van der Waals surface area (Å²) in [4.78, 5) is 11.7. The number of esters is 1. The largest absolute Gasteiger partial charge is 0.469 e. The van der Waals surface area contributed by atoms with Crippen LogP contribution in [0.25, 0.3) is 0 Å². The van der Waals surface area contributed by atoms with Gasteiger partial charge in [0.1, 0.15) is 0 Å². The molecule has 0 aromatic rings. The van der Waals surface area contributed by atoms with Crippen LogP contribution in [-0.4, -0.2) is 19.1 Å². The fourth-order valence-corrected chi connectivity index (χ4v) is 3.45. The highest BCUT2D eigenvalue weighted by atomic mass is 16.5. The highest BCUT2D eigenvalue weighted by Gasteiger charge is 2.46. The molecule has 0 spiro atoms. The van der Waals surface area contributed by atoms with Crippen LogP contribution in [0.3, 0.4) is 0 Å². The van der Waals surface area contributed by atoms with Gasteiger partial charge in [-0.05, 0) is 30.1 Å². The smallest absolute Gasteiger partial charge is 0.306 e. The van der Waals surface area contributed by atoms with Crippen molar-refractivity contribution in [2.45, 2.75) is 58.9 Å². The van der Waals surface area contributed by atoms with E-state index in [2.05, 4.69) is 20.8 Å². The molecule has 3 nitrogen and oxygen atoms in total. The van der Waals surface area contributed by atoms with Crippen LogP contribution in [0.15, 0.2) is 0 Å². The topological polar surface area (TPSA) is 52.3 Å². The maximum atomic E-state index is 11.7. The van der Waals surface area contributed by atoms with Gasteiger partial charge in [-0.25, -0.2) is 0 Å². The fourth-order valence-electron chi connectivity index (χ4n) is 3.45. The summed E-state index contributed by atoms with van der Waals surface area (Å²) in [5.41, 5.74) is 6.27. The van der Waals surface area contributed by atoms with Crippen LogP contribution in [0, 0.1) is 17.3 Å². The molecule has 0 radical (unpaired) electrons. The quantitative estimate of drug-likeness (QED) is 0.770. The molecule has 0 heterocycles. The minimum absolute atomic E-state index is 0.0560. The van der Waals surface area contributed by atoms with E-state index in [0.717, 1.165) is 12.8 Å². The van der Waals surface area contributed by atoms with Gasteiger partial charge in [-0.2, -0.15) is 0 Å². The lowest BCUT2D eigenvalue weighted by Crippen LogP contribution is -2.51. The molecule has 0 aromatic heterocycles. The number of carbonyl (C=O) groups excluding carboxylic acids is 1. The average Bonchev–Trinajstić information content (AvgIpc) is 2.33. The Bertz CT molecular complexity index is 267. The summed E-state index contributed by atoms with van der Waals surface area (Å²) in [6.07, 6.45) is 4.89. The van der Waals surface area contributed by atoms with Crippen molar-refractivity contribution in [3.05, 3.63) is 0 Å². The molecule has 100 valence electrons. The van der Waals surface area contributed by atoms with Crippen molar-refractivity contribution in [2.75, 3.05) is 7.11 Å². The van der Waals surface area contributed by atoms with Gasteiger partial charge in [0.2, 0.25) is 0 Å². The number of carbonyl (C=O) groups is 1. The first-order chi connectivity index (χ1) is 7.97. The van der Waals surface area contributed by atoms with Crippen molar-refractivity contribution < 1.29 is 9.53 Å². The van der Waals surface area contributed by atoms with Gasteiger partial charge in [0, 0.05) is 6.04 Å². The summed E-state index contributed by atoms with van der Waals surface area (Å²) < 4.78 is 4.86. The standard InChI is InChI=1S/C14H27NO2/c1-5-12(15)14(9-13(16)17-4)8-6-7-10(2)11(14)3/h10-12H,5-9,15H2,1-4H3. The van der Waals surface area contributed by atoms with Gasteiger partial charge in [0.05, 0.1) is 13.5 Å². The van der Waals surface area contributed by atoms with Crippen molar-refractivity contribution in [2.24, 2.45) is 23.0 Å². The van der Waals surface area contributed by atoms with Gasteiger partial charge in [-0.3, -0.25) is 4.79 Å². The molecule has 1 saturated carbocycles. The van der Waals surface area contributed by atoms with Crippen LogP contribution in [0.5, 0.6) is 0 Å². The molecule has 0 aliphatic heterocycles. The van der Waals surface area contributed by atoms with E-state index in [0.29, 0.717) is 18.3 Å². The molecule has 0 aromatic carbocycles. The molecule has 17 heavy (non-hydrogen) atoms. The van der Waals surface area contributed by atoms with Crippen molar-refractivity contribution in [3.8, 4) is 0 Å². The Morgan fingerprint density at radius 1 is 1.53 bits per heavy atom. The summed E-state index contributed by atoms with van der Waals surface area (Å²) in [6.45, 7) is 6.64. The molecular formula is C14H27NO2. The van der Waals surface area contributed by atoms with Crippen LogP contribution in [0.2, 0.25) is 0 Å². The third-order valence-corrected chi connectivity index (χ3v) is 4.94. The summed E-state index contributed by atoms with van der Waals surface area (Å²) in [5.74, 6) is 1.02. The zero-order valence-corrected chi connectivity index (χ0v) is 11.7. The van der Waals surface area contributed by atoms with Crippen molar-refractivity contribution in [1.29, 1.82) is 0 Å². The third-order valence-electron chi connectivity index (χ3n) is 4.94. The summed E-state index contributed by atoms with van der Waals surface area (Å²) in [6, 6.07) is 0.0966. The number of methoxy groups -OCH3 is 1. The highest BCUT2D eigenvalue weighted by molar-refractivity contribution is 5.70. The maximum absolute atomic E-state index is 11.7. The predicted octanol–water partition coefficient (Wildman–Crippen LogP) is 2.73. The molecule has 1 fully saturated rings. The van der Waals surface area contributed by atoms with E-state index in [1.807, 2.05) is 0 Å². The third kappa shape index (κ3) is 2.82. The maximum Gasteiger partial charge on any atom is 0.306 e. The number of ether oxygens (including phenoxy) is 1. The Balaban J connectivity index is 2.95. The summed E-state index contributed by atoms with van der Waals surface area (Å²) in [7, 11) is 1.46. The van der Waals surface area contributed by atoms with Crippen molar-refractivity contribution >= 4 is 5.97 Å². The average molecular weight is 241 g/mol. The van der Waals surface area contributed by atoms with E-state index < -0.39 is 0 Å². The molecule has 1 aliphatic carbocycles. The normalized spacial score (nSPS) is 35.4. The minimum atomic E-state index is -0.116. The van der Waals surface area contributed by atoms with E-state index >= 15 is 0 Å². The molecule has 4 unspecified atom stereocenters. The van der Waals surface area contributed by atoms with Gasteiger partial charge in [-0.15, -0.1) is 0 Å². The van der Waals surface area contributed by atoms with Gasteiger partial charge in [-0.1, -0.05) is 33.6 Å². The van der Waals surface area contributed by atoms with Crippen LogP contribution >= 0.6 is 0 Å². The predicted molar refractivity (Wildman–Crippen MR) is 69.5 cm³/mol. The Morgan fingerprint density at radius 2 is 2.18 bits per heavy atom. The summed E-state index contributed by atoms with van der Waals surface area (Å²) >= 11 is 0. The van der Waals surface area contributed by atoms with Gasteiger partial charge in [0.25, 0.3) is 0 Å². The second kappa shape index (κ2) is 5.85. The molecule has 0 saturated heterocycles. The molecule has 0 bridgehead atoms. The van der Waals surface area contributed by atoms with E-state index in [-0.39, 0.29) is 17.4 Å². The Kier molecular flexibility index (Phi) is 4.99. The van der Waals surface area contributed by atoms with Crippen LogP contribution in [-0.2, 0) is 9.53 Å². The van der Waals surface area contributed by atoms with Gasteiger partial charge in [0.15, 0.2) is 0 Å². The minimum Gasteiger partial charge on any atom is -0.469 e. The van der Waals surface area contributed by atoms with E-state index in [1.165, 1.54) is 20.0 Å². The SMILES string of the molecule is CCC(N)C1(CC(=O)OC)CCCC(C)C1C. The first-order valence-electron chi connectivity index (χ1n) is 6.80. The molecule has 1 rings (SSSR count). The van der Waals surface area contributed by atoms with Crippen LogP contribution < -0.4 is 5.73 Å². The van der Waals surface area contributed by atoms with Gasteiger partial charge >= 0.3 is 5.97 Å². The van der Waals surface area contributed by atoms with Crippen LogP contribution in [0.1, 0.15) is 52.9 Å². The second-order valence-electron chi connectivity index (χ2n) is 5.66. The lowest BCUT2D eigenvalue weighted by atomic mass is 9.57. The monoisotopic (exact) mass is 241 g/mol. The van der Waals surface area contributed by atoms with E-state index in [9.17, 15) is 4.79 Å². The molecule has 0 amide bonds. The molecule has 1 aliphatic rings. The Labute approximate surface area is 105 Å². The zero-order valence-electron chi connectivity index (χ0n) is 11.7. The van der Waals surface area contributed by atoms with E-state index in [4.69, 9.17) is 10.5 Å². The van der Waals surface area contributed by atoms with Crippen molar-refractivity contribution in [1.82, 2.24) is 0 Å². The first-order valence-corrected chi connectivity index (χ1v) is 6.80. The highest BCUT2D eigenvalue weighted by Crippen LogP contribution is 2.49. The molecular weight excluding hydrogens is 214 g/mol. The zero-order chi connectivity index (χ0) is 13.1. The molecule has 3 heteroatoms. The Hall–Kier alpha value is -0.570. The molecule has 4 atom stereocenters. The molecule has 2 N–H and O–H groups in total. The first kappa shape index (κ1) is 14.5. The number of nitrogens with two attached hydrogens (primary N) is 1.